The number of alkyl carbamates (subject to hydrolysis) is 1. The summed E-state index contributed by atoms with van der Waals surface area (Å²) in [7, 11) is 1.58. The maximum Gasteiger partial charge on any atom is 0.407 e. The van der Waals surface area contributed by atoms with Crippen molar-refractivity contribution in [1.82, 2.24) is 10.2 Å². The van der Waals surface area contributed by atoms with E-state index in [0.29, 0.717) is 6.42 Å². The van der Waals surface area contributed by atoms with Crippen LogP contribution in [0, 0.1) is 5.92 Å². The topological polar surface area (TPSA) is 105 Å². The van der Waals surface area contributed by atoms with Crippen molar-refractivity contribution in [3.8, 4) is 11.1 Å². The SMILES string of the molecule is CC[C@H](CC(=O)N(C)C1COCC1C(=O)O)NC(=O)OCC1c2ccccc2-c2ccccc21. The average Bonchev–Trinajstić information content (AvgIpc) is 3.45. The predicted octanol–water partition coefficient (Wildman–Crippen LogP) is 3.25. The number of carbonyl (C=O) groups excluding carboxylic acids is 2. The maximum absolute atomic E-state index is 12.8. The number of ether oxygens (including phenoxy) is 2. The molecular formula is C26H30N2O6. The van der Waals surface area contributed by atoms with Crippen molar-refractivity contribution in [3.05, 3.63) is 59.7 Å². The van der Waals surface area contributed by atoms with Gasteiger partial charge < -0.3 is 24.8 Å². The average molecular weight is 467 g/mol. The Morgan fingerprint density at radius 2 is 1.71 bits per heavy atom. The van der Waals surface area contributed by atoms with Gasteiger partial charge >= 0.3 is 12.1 Å². The van der Waals surface area contributed by atoms with Crippen LogP contribution in [0.5, 0.6) is 0 Å². The van der Waals surface area contributed by atoms with E-state index in [1.807, 2.05) is 31.2 Å². The van der Waals surface area contributed by atoms with Gasteiger partial charge in [0.1, 0.15) is 12.5 Å². The number of amides is 2. The van der Waals surface area contributed by atoms with Crippen molar-refractivity contribution in [3.63, 3.8) is 0 Å². The van der Waals surface area contributed by atoms with E-state index in [1.54, 1.807) is 7.05 Å². The molecule has 2 unspecified atom stereocenters. The van der Waals surface area contributed by atoms with Gasteiger partial charge in [0, 0.05) is 25.4 Å². The van der Waals surface area contributed by atoms with Crippen LogP contribution in [0.25, 0.3) is 11.1 Å². The molecule has 1 heterocycles. The fourth-order valence-corrected chi connectivity index (χ4v) is 4.80. The largest absolute Gasteiger partial charge is 0.481 e. The quantitative estimate of drug-likeness (QED) is 0.619. The summed E-state index contributed by atoms with van der Waals surface area (Å²) in [5.74, 6) is -2.01. The normalized spacial score (nSPS) is 19.7. The molecule has 1 fully saturated rings. The van der Waals surface area contributed by atoms with Gasteiger partial charge in [-0.1, -0.05) is 55.5 Å². The molecular weight excluding hydrogens is 436 g/mol. The lowest BCUT2D eigenvalue weighted by Crippen LogP contribution is -2.46. The van der Waals surface area contributed by atoms with Gasteiger partial charge in [0.25, 0.3) is 0 Å². The van der Waals surface area contributed by atoms with E-state index >= 15 is 0 Å². The molecule has 0 bridgehead atoms. The van der Waals surface area contributed by atoms with E-state index in [9.17, 15) is 19.5 Å². The van der Waals surface area contributed by atoms with E-state index in [1.165, 1.54) is 4.90 Å². The van der Waals surface area contributed by atoms with Crippen molar-refractivity contribution in [1.29, 1.82) is 0 Å². The van der Waals surface area contributed by atoms with Gasteiger partial charge in [-0.3, -0.25) is 9.59 Å². The van der Waals surface area contributed by atoms with Crippen LogP contribution in [0.3, 0.4) is 0 Å². The highest BCUT2D eigenvalue weighted by molar-refractivity contribution is 5.80. The molecule has 2 aromatic carbocycles. The third kappa shape index (κ3) is 4.77. The Hall–Kier alpha value is -3.39. The highest BCUT2D eigenvalue weighted by Crippen LogP contribution is 2.44. The maximum atomic E-state index is 12.8. The Morgan fingerprint density at radius 3 is 2.29 bits per heavy atom. The van der Waals surface area contributed by atoms with Crippen molar-refractivity contribution < 1.29 is 29.0 Å². The number of aliphatic carboxylic acids is 1. The number of carboxylic acids is 1. The van der Waals surface area contributed by atoms with Crippen LogP contribution in [0.1, 0.15) is 36.8 Å². The van der Waals surface area contributed by atoms with Crippen molar-refractivity contribution in [2.75, 3.05) is 26.9 Å². The van der Waals surface area contributed by atoms with Crippen molar-refractivity contribution in [2.45, 2.75) is 37.8 Å². The third-order valence-corrected chi connectivity index (χ3v) is 6.84. The van der Waals surface area contributed by atoms with Crippen LogP contribution in [-0.4, -0.2) is 66.9 Å². The number of benzene rings is 2. The molecule has 180 valence electrons. The van der Waals surface area contributed by atoms with Gasteiger partial charge in [-0.25, -0.2) is 4.79 Å². The molecule has 3 atom stereocenters. The molecule has 8 heteroatoms. The molecule has 1 aliphatic carbocycles. The molecule has 8 nitrogen and oxygen atoms in total. The Bertz CT molecular complexity index is 1030. The highest BCUT2D eigenvalue weighted by Gasteiger charge is 2.38. The summed E-state index contributed by atoms with van der Waals surface area (Å²) >= 11 is 0. The lowest BCUT2D eigenvalue weighted by molar-refractivity contribution is -0.144. The molecule has 0 spiro atoms. The number of hydrogen-bond donors (Lipinski definition) is 2. The summed E-state index contributed by atoms with van der Waals surface area (Å²) in [5, 5.41) is 12.1. The summed E-state index contributed by atoms with van der Waals surface area (Å²) < 4.78 is 10.9. The van der Waals surface area contributed by atoms with Gasteiger partial charge in [-0.2, -0.15) is 0 Å². The van der Waals surface area contributed by atoms with Gasteiger partial charge in [0.05, 0.1) is 19.3 Å². The first-order valence-corrected chi connectivity index (χ1v) is 11.6. The zero-order valence-corrected chi connectivity index (χ0v) is 19.4. The van der Waals surface area contributed by atoms with Crippen LogP contribution >= 0.6 is 0 Å². The van der Waals surface area contributed by atoms with Crippen LogP contribution in [-0.2, 0) is 19.1 Å². The van der Waals surface area contributed by atoms with E-state index in [-0.39, 0.29) is 38.1 Å². The Labute approximate surface area is 198 Å². The second kappa shape index (κ2) is 10.3. The third-order valence-electron chi connectivity index (χ3n) is 6.84. The lowest BCUT2D eigenvalue weighted by atomic mass is 9.98. The number of rotatable bonds is 8. The first-order valence-electron chi connectivity index (χ1n) is 11.6. The molecule has 34 heavy (non-hydrogen) atoms. The second-order valence-electron chi connectivity index (χ2n) is 8.83. The fourth-order valence-electron chi connectivity index (χ4n) is 4.80. The standard InChI is InChI=1S/C26H30N2O6/c1-3-16(12-24(29)28(2)23-15-33-13-22(23)25(30)31)27-26(32)34-14-21-19-10-6-4-8-17(19)18-9-5-7-11-20(18)21/h4-11,16,21-23H,3,12-15H2,1-2H3,(H,27,32)(H,30,31)/t16-,22?,23?/m1/s1. The number of nitrogens with zero attached hydrogens (tertiary/aromatic N) is 1. The Morgan fingerprint density at radius 1 is 1.09 bits per heavy atom. The number of carboxylic acid groups (broad SMARTS) is 1. The molecule has 4 rings (SSSR count). The molecule has 0 aromatic heterocycles. The van der Waals surface area contributed by atoms with Crippen LogP contribution in [0.15, 0.2) is 48.5 Å². The minimum atomic E-state index is -0.981. The number of hydrogen-bond acceptors (Lipinski definition) is 5. The summed E-state index contributed by atoms with van der Waals surface area (Å²) in [6, 6.07) is 15.3. The number of likely N-dealkylation sites (N-methyl/N-ethyl adjacent to an activating group) is 1. The van der Waals surface area contributed by atoms with Crippen molar-refractivity contribution in [2.24, 2.45) is 5.92 Å². The fraction of sp³-hybridized carbons (Fsp3) is 0.423. The molecule has 2 aliphatic rings. The predicted molar refractivity (Wildman–Crippen MR) is 125 cm³/mol. The van der Waals surface area contributed by atoms with Gasteiger partial charge in [-0.05, 0) is 28.7 Å². The van der Waals surface area contributed by atoms with Crippen LogP contribution < -0.4 is 5.32 Å². The smallest absolute Gasteiger partial charge is 0.407 e. The second-order valence-corrected chi connectivity index (χ2v) is 8.83. The number of carbonyl (C=O) groups is 3. The summed E-state index contributed by atoms with van der Waals surface area (Å²) in [6.45, 7) is 2.35. The highest BCUT2D eigenvalue weighted by atomic mass is 16.5. The van der Waals surface area contributed by atoms with E-state index in [4.69, 9.17) is 9.47 Å². The molecule has 2 N–H and O–H groups in total. The van der Waals surface area contributed by atoms with Crippen molar-refractivity contribution >= 4 is 18.0 Å². The Kier molecular flexibility index (Phi) is 7.17. The lowest BCUT2D eigenvalue weighted by Gasteiger charge is -2.28. The minimum Gasteiger partial charge on any atom is -0.481 e. The molecule has 1 aliphatic heterocycles. The van der Waals surface area contributed by atoms with Gasteiger partial charge in [0.2, 0.25) is 5.91 Å². The zero-order valence-electron chi connectivity index (χ0n) is 19.4. The number of nitrogens with one attached hydrogen (secondary N) is 1. The van der Waals surface area contributed by atoms with Crippen LogP contribution in [0.4, 0.5) is 4.79 Å². The Balaban J connectivity index is 1.33. The van der Waals surface area contributed by atoms with E-state index < -0.39 is 30.1 Å². The summed E-state index contributed by atoms with van der Waals surface area (Å²) in [6.07, 6.45) is 0.0182. The summed E-state index contributed by atoms with van der Waals surface area (Å²) in [5.41, 5.74) is 4.57. The zero-order chi connectivity index (χ0) is 24.2. The minimum absolute atomic E-state index is 0.0405. The van der Waals surface area contributed by atoms with Crippen LogP contribution in [0.2, 0.25) is 0 Å². The monoisotopic (exact) mass is 466 g/mol. The molecule has 0 saturated carbocycles. The molecule has 2 amide bonds. The first kappa shape index (κ1) is 23.8. The van der Waals surface area contributed by atoms with E-state index in [0.717, 1.165) is 22.3 Å². The van der Waals surface area contributed by atoms with E-state index in [2.05, 4.69) is 29.6 Å². The molecule has 0 radical (unpaired) electrons. The first-order chi connectivity index (χ1) is 16.4. The molecule has 2 aromatic rings. The van der Waals surface area contributed by atoms with Gasteiger partial charge in [-0.15, -0.1) is 0 Å². The number of fused-ring (bicyclic) bond motifs is 3. The summed E-state index contributed by atoms with van der Waals surface area (Å²) in [4.78, 5) is 38.2. The molecule has 1 saturated heterocycles. The van der Waals surface area contributed by atoms with Gasteiger partial charge in [0.15, 0.2) is 0 Å².